The van der Waals surface area contributed by atoms with E-state index >= 15 is 0 Å². The standard InChI is InChI=1S/C8H8N4O2/c1-2-7-9-8-4-3-6(12(13)14)5-11(8)10-7/h3-5H,2H2,1H3. The van der Waals surface area contributed by atoms with Crippen molar-refractivity contribution in [2.75, 3.05) is 0 Å². The topological polar surface area (TPSA) is 73.3 Å². The summed E-state index contributed by atoms with van der Waals surface area (Å²) in [6.07, 6.45) is 2.08. The van der Waals surface area contributed by atoms with Crippen LogP contribution in [0.4, 0.5) is 5.69 Å². The predicted octanol–water partition coefficient (Wildman–Crippen LogP) is 1.20. The Hall–Kier alpha value is -1.98. The van der Waals surface area contributed by atoms with Gasteiger partial charge in [0.2, 0.25) is 0 Å². The monoisotopic (exact) mass is 192 g/mol. The van der Waals surface area contributed by atoms with Crippen molar-refractivity contribution in [1.82, 2.24) is 14.6 Å². The van der Waals surface area contributed by atoms with Gasteiger partial charge < -0.3 is 0 Å². The van der Waals surface area contributed by atoms with Crippen molar-refractivity contribution in [3.05, 3.63) is 34.3 Å². The van der Waals surface area contributed by atoms with Gasteiger partial charge in [0.1, 0.15) is 6.20 Å². The SMILES string of the molecule is CCc1nc2ccc([N+](=O)[O-])cn2n1. The fourth-order valence-corrected chi connectivity index (χ4v) is 1.18. The molecule has 2 heterocycles. The molecule has 0 bridgehead atoms. The molecule has 0 aliphatic heterocycles. The third-order valence-electron chi connectivity index (χ3n) is 1.89. The van der Waals surface area contributed by atoms with Crippen molar-refractivity contribution in [2.24, 2.45) is 0 Å². The van der Waals surface area contributed by atoms with Crippen molar-refractivity contribution < 1.29 is 4.92 Å². The van der Waals surface area contributed by atoms with E-state index < -0.39 is 4.92 Å². The number of pyridine rings is 1. The normalized spacial score (nSPS) is 10.6. The lowest BCUT2D eigenvalue weighted by atomic mass is 10.4. The molecule has 0 aliphatic carbocycles. The first-order valence-corrected chi connectivity index (χ1v) is 4.20. The van der Waals surface area contributed by atoms with Crippen molar-refractivity contribution in [2.45, 2.75) is 13.3 Å². The minimum atomic E-state index is -0.452. The molecule has 0 amide bonds. The molecule has 0 unspecified atom stereocenters. The number of aryl methyl sites for hydroxylation is 1. The van der Waals surface area contributed by atoms with E-state index in [4.69, 9.17) is 0 Å². The Bertz CT molecular complexity index is 491. The van der Waals surface area contributed by atoms with E-state index in [0.29, 0.717) is 11.5 Å². The number of hydrogen-bond donors (Lipinski definition) is 0. The van der Waals surface area contributed by atoms with E-state index in [2.05, 4.69) is 10.1 Å². The van der Waals surface area contributed by atoms with Crippen molar-refractivity contribution in [3.63, 3.8) is 0 Å². The molecule has 0 N–H and O–H groups in total. The molecule has 0 saturated carbocycles. The average Bonchev–Trinajstić information content (AvgIpc) is 2.58. The van der Waals surface area contributed by atoms with E-state index in [1.807, 2.05) is 6.92 Å². The van der Waals surface area contributed by atoms with Crippen LogP contribution in [0.5, 0.6) is 0 Å². The Kier molecular flexibility index (Phi) is 1.88. The van der Waals surface area contributed by atoms with Gasteiger partial charge in [-0.1, -0.05) is 6.92 Å². The van der Waals surface area contributed by atoms with Gasteiger partial charge in [-0.15, -0.1) is 0 Å². The van der Waals surface area contributed by atoms with E-state index in [-0.39, 0.29) is 5.69 Å². The molecule has 0 aromatic carbocycles. The molecule has 0 aliphatic rings. The van der Waals surface area contributed by atoms with Gasteiger partial charge in [-0.25, -0.2) is 9.50 Å². The van der Waals surface area contributed by atoms with Crippen LogP contribution in [-0.4, -0.2) is 19.5 Å². The first kappa shape index (κ1) is 8.61. The van der Waals surface area contributed by atoms with Crippen LogP contribution in [0.2, 0.25) is 0 Å². The molecule has 0 saturated heterocycles. The molecule has 0 radical (unpaired) electrons. The third-order valence-corrected chi connectivity index (χ3v) is 1.89. The summed E-state index contributed by atoms with van der Waals surface area (Å²) in [7, 11) is 0. The number of fused-ring (bicyclic) bond motifs is 1. The first-order chi connectivity index (χ1) is 6.70. The highest BCUT2D eigenvalue weighted by Gasteiger charge is 2.08. The van der Waals surface area contributed by atoms with Gasteiger partial charge in [0, 0.05) is 12.5 Å². The summed E-state index contributed by atoms with van der Waals surface area (Å²) < 4.78 is 1.43. The van der Waals surface area contributed by atoms with Gasteiger partial charge in [-0.3, -0.25) is 10.1 Å². The summed E-state index contributed by atoms with van der Waals surface area (Å²) in [6, 6.07) is 3.01. The minimum Gasteiger partial charge on any atom is -0.258 e. The molecule has 6 heteroatoms. The van der Waals surface area contributed by atoms with Crippen LogP contribution in [0, 0.1) is 10.1 Å². The molecule has 14 heavy (non-hydrogen) atoms. The number of rotatable bonds is 2. The van der Waals surface area contributed by atoms with Gasteiger partial charge in [0.15, 0.2) is 11.5 Å². The van der Waals surface area contributed by atoms with E-state index in [9.17, 15) is 10.1 Å². The zero-order valence-electron chi connectivity index (χ0n) is 7.54. The van der Waals surface area contributed by atoms with Crippen molar-refractivity contribution >= 4 is 11.3 Å². The second-order valence-electron chi connectivity index (χ2n) is 2.83. The second-order valence-corrected chi connectivity index (χ2v) is 2.83. The number of nitro groups is 1. The summed E-state index contributed by atoms with van der Waals surface area (Å²) in [5, 5.41) is 14.5. The van der Waals surface area contributed by atoms with E-state index in [1.54, 1.807) is 6.07 Å². The highest BCUT2D eigenvalue weighted by atomic mass is 16.6. The Morgan fingerprint density at radius 3 is 3.00 bits per heavy atom. The highest BCUT2D eigenvalue weighted by Crippen LogP contribution is 2.11. The zero-order valence-corrected chi connectivity index (χ0v) is 7.54. The lowest BCUT2D eigenvalue weighted by Crippen LogP contribution is -1.93. The van der Waals surface area contributed by atoms with Crippen LogP contribution in [-0.2, 0) is 6.42 Å². The summed E-state index contributed by atoms with van der Waals surface area (Å²) in [5.41, 5.74) is 0.650. The minimum absolute atomic E-state index is 0.0186. The van der Waals surface area contributed by atoms with Gasteiger partial charge >= 0.3 is 0 Å². The summed E-state index contributed by atoms with van der Waals surface area (Å²) in [4.78, 5) is 14.2. The molecule has 72 valence electrons. The second kappa shape index (κ2) is 3.06. The van der Waals surface area contributed by atoms with E-state index in [1.165, 1.54) is 16.8 Å². The van der Waals surface area contributed by atoms with Gasteiger partial charge in [0.05, 0.1) is 4.92 Å². The number of hydrogen-bond acceptors (Lipinski definition) is 4. The van der Waals surface area contributed by atoms with Gasteiger partial charge in [-0.2, -0.15) is 5.10 Å². The Labute approximate surface area is 79.3 Å². The Morgan fingerprint density at radius 2 is 2.36 bits per heavy atom. The lowest BCUT2D eigenvalue weighted by molar-refractivity contribution is -0.385. The molecule has 0 atom stereocenters. The molecule has 0 fully saturated rings. The molecular weight excluding hydrogens is 184 g/mol. The quantitative estimate of drug-likeness (QED) is 0.529. The molecule has 2 aromatic rings. The number of nitrogens with zero attached hydrogens (tertiary/aromatic N) is 4. The Morgan fingerprint density at radius 1 is 1.57 bits per heavy atom. The smallest absolute Gasteiger partial charge is 0.258 e. The maximum absolute atomic E-state index is 10.5. The summed E-state index contributed by atoms with van der Waals surface area (Å²) in [5.74, 6) is 0.686. The fourth-order valence-electron chi connectivity index (χ4n) is 1.18. The van der Waals surface area contributed by atoms with Crippen LogP contribution in [0.1, 0.15) is 12.7 Å². The highest BCUT2D eigenvalue weighted by molar-refractivity contribution is 5.42. The predicted molar refractivity (Wildman–Crippen MR) is 49.0 cm³/mol. The van der Waals surface area contributed by atoms with Crippen LogP contribution in [0.25, 0.3) is 5.65 Å². The third kappa shape index (κ3) is 1.30. The van der Waals surface area contributed by atoms with Crippen LogP contribution in [0.3, 0.4) is 0 Å². The largest absolute Gasteiger partial charge is 0.287 e. The molecule has 6 nitrogen and oxygen atoms in total. The van der Waals surface area contributed by atoms with Crippen LogP contribution in [0.15, 0.2) is 18.3 Å². The maximum atomic E-state index is 10.5. The lowest BCUT2D eigenvalue weighted by Gasteiger charge is -1.90. The van der Waals surface area contributed by atoms with Crippen LogP contribution >= 0.6 is 0 Å². The molecule has 2 aromatic heterocycles. The van der Waals surface area contributed by atoms with Crippen molar-refractivity contribution in [1.29, 1.82) is 0 Å². The maximum Gasteiger partial charge on any atom is 0.287 e. The van der Waals surface area contributed by atoms with Gasteiger partial charge in [-0.05, 0) is 6.07 Å². The Balaban J connectivity index is 2.59. The zero-order chi connectivity index (χ0) is 10.1. The van der Waals surface area contributed by atoms with Crippen LogP contribution < -0.4 is 0 Å². The summed E-state index contributed by atoms with van der Waals surface area (Å²) >= 11 is 0. The molecule has 2 rings (SSSR count). The fraction of sp³-hybridized carbons (Fsp3) is 0.250. The summed E-state index contributed by atoms with van der Waals surface area (Å²) in [6.45, 7) is 1.93. The van der Waals surface area contributed by atoms with Gasteiger partial charge in [0.25, 0.3) is 5.69 Å². The van der Waals surface area contributed by atoms with E-state index in [0.717, 1.165) is 6.42 Å². The first-order valence-electron chi connectivity index (χ1n) is 4.20. The number of aromatic nitrogens is 3. The van der Waals surface area contributed by atoms with Crippen molar-refractivity contribution in [3.8, 4) is 0 Å². The molecule has 0 spiro atoms. The molecular formula is C8H8N4O2. The average molecular weight is 192 g/mol.